The summed E-state index contributed by atoms with van der Waals surface area (Å²) in [4.78, 5) is 24.1. The molecule has 26 heavy (non-hydrogen) atoms. The van der Waals surface area contributed by atoms with Gasteiger partial charge in [0.05, 0.1) is 12.8 Å². The van der Waals surface area contributed by atoms with E-state index in [1.807, 2.05) is 0 Å². The molecule has 0 bridgehead atoms. The van der Waals surface area contributed by atoms with Crippen LogP contribution in [0.2, 0.25) is 0 Å². The molecule has 6 nitrogen and oxygen atoms in total. The van der Waals surface area contributed by atoms with E-state index in [9.17, 15) is 14.0 Å². The number of carbonyl (C=O) groups excluding carboxylic acids is 2. The van der Waals surface area contributed by atoms with Crippen LogP contribution in [0.4, 0.5) is 4.39 Å². The molecule has 0 radical (unpaired) electrons. The second-order valence-corrected chi connectivity index (χ2v) is 5.52. The smallest absolute Gasteiger partial charge is 0.375 e. The lowest BCUT2D eigenvalue weighted by molar-refractivity contribution is -0.129. The number of nitrogens with one attached hydrogen (secondary N) is 1. The van der Waals surface area contributed by atoms with E-state index < -0.39 is 18.0 Å². The zero-order valence-electron chi connectivity index (χ0n) is 13.9. The van der Waals surface area contributed by atoms with Gasteiger partial charge < -0.3 is 18.9 Å². The average molecular weight is 357 g/mol. The number of hydrogen-bond donors (Lipinski definition) is 1. The summed E-state index contributed by atoms with van der Waals surface area (Å²) in [6, 6.07) is 12.1. The van der Waals surface area contributed by atoms with E-state index in [-0.39, 0.29) is 18.1 Å². The third-order valence-corrected chi connectivity index (χ3v) is 3.61. The van der Waals surface area contributed by atoms with Crippen LogP contribution < -0.4 is 5.32 Å². The zero-order valence-corrected chi connectivity index (χ0v) is 13.9. The molecule has 1 amide bonds. The Balaban J connectivity index is 1.57. The van der Waals surface area contributed by atoms with Gasteiger partial charge in [-0.3, -0.25) is 4.79 Å². The van der Waals surface area contributed by atoms with Crippen molar-refractivity contribution in [3.63, 3.8) is 0 Å². The summed E-state index contributed by atoms with van der Waals surface area (Å²) < 4.78 is 28.6. The number of carbonyl (C=O) groups is 2. The van der Waals surface area contributed by atoms with Crippen molar-refractivity contribution in [2.45, 2.75) is 19.6 Å². The topological polar surface area (TPSA) is 81.7 Å². The van der Waals surface area contributed by atoms with E-state index in [2.05, 4.69) is 5.32 Å². The van der Waals surface area contributed by atoms with Gasteiger partial charge in [-0.2, -0.15) is 0 Å². The predicted molar refractivity (Wildman–Crippen MR) is 89.5 cm³/mol. The number of esters is 1. The van der Waals surface area contributed by atoms with Crippen molar-refractivity contribution in [1.29, 1.82) is 0 Å². The zero-order chi connectivity index (χ0) is 18.5. The van der Waals surface area contributed by atoms with E-state index in [1.54, 1.807) is 18.2 Å². The number of rotatable bonds is 6. The number of ether oxygens (including phenoxy) is 1. The highest BCUT2D eigenvalue weighted by atomic mass is 19.1. The van der Waals surface area contributed by atoms with E-state index >= 15 is 0 Å². The molecular weight excluding hydrogens is 341 g/mol. The van der Waals surface area contributed by atoms with Crippen LogP contribution in [0.3, 0.4) is 0 Å². The van der Waals surface area contributed by atoms with Crippen LogP contribution in [0.5, 0.6) is 0 Å². The summed E-state index contributed by atoms with van der Waals surface area (Å²) in [7, 11) is 0. The maximum absolute atomic E-state index is 13.0. The first-order valence-corrected chi connectivity index (χ1v) is 7.90. The van der Waals surface area contributed by atoms with E-state index in [1.165, 1.54) is 43.5 Å². The van der Waals surface area contributed by atoms with Crippen LogP contribution in [0.15, 0.2) is 63.6 Å². The molecule has 0 aliphatic heterocycles. The molecule has 0 fully saturated rings. The molecule has 3 rings (SSSR count). The molecule has 2 aromatic heterocycles. The van der Waals surface area contributed by atoms with Gasteiger partial charge in [0.15, 0.2) is 6.10 Å². The van der Waals surface area contributed by atoms with Gasteiger partial charge in [-0.05, 0) is 55.5 Å². The predicted octanol–water partition coefficient (Wildman–Crippen LogP) is 3.54. The fraction of sp³-hybridized carbons (Fsp3) is 0.158. The lowest BCUT2D eigenvalue weighted by atomic mass is 10.2. The Morgan fingerprint density at radius 1 is 1.15 bits per heavy atom. The number of halogens is 1. The van der Waals surface area contributed by atoms with E-state index in [0.717, 1.165) is 0 Å². The molecule has 1 atom stereocenters. The first kappa shape index (κ1) is 17.5. The van der Waals surface area contributed by atoms with Crippen LogP contribution in [-0.4, -0.2) is 18.0 Å². The van der Waals surface area contributed by atoms with Gasteiger partial charge in [0.1, 0.15) is 17.3 Å². The summed E-state index contributed by atoms with van der Waals surface area (Å²) in [5.74, 6) is -0.651. The fourth-order valence-electron chi connectivity index (χ4n) is 2.22. The lowest BCUT2D eigenvalue weighted by Crippen LogP contribution is -2.35. The second-order valence-electron chi connectivity index (χ2n) is 5.52. The fourth-order valence-corrected chi connectivity index (χ4v) is 2.22. The number of furan rings is 2. The Labute approximate surface area is 148 Å². The quantitative estimate of drug-likeness (QED) is 0.683. The SMILES string of the molecule is CC(OC(=O)c1ccc(-c2ccc(F)cc2)o1)C(=O)NCc1ccco1. The Kier molecular flexibility index (Phi) is 5.17. The van der Waals surface area contributed by atoms with Crippen molar-refractivity contribution in [2.24, 2.45) is 0 Å². The molecule has 1 aromatic carbocycles. The maximum atomic E-state index is 13.0. The first-order valence-electron chi connectivity index (χ1n) is 7.90. The molecule has 0 aliphatic rings. The minimum Gasteiger partial charge on any atom is -0.467 e. The molecule has 1 N–H and O–H groups in total. The molecule has 0 saturated heterocycles. The normalized spacial score (nSPS) is 11.8. The van der Waals surface area contributed by atoms with Crippen molar-refractivity contribution in [2.75, 3.05) is 0 Å². The Bertz CT molecular complexity index is 883. The van der Waals surface area contributed by atoms with Crippen LogP contribution in [0.1, 0.15) is 23.2 Å². The van der Waals surface area contributed by atoms with E-state index in [4.69, 9.17) is 13.6 Å². The minimum absolute atomic E-state index is 0.0463. The van der Waals surface area contributed by atoms with Crippen molar-refractivity contribution in [3.05, 3.63) is 72.1 Å². The van der Waals surface area contributed by atoms with Crippen molar-refractivity contribution in [3.8, 4) is 11.3 Å². The van der Waals surface area contributed by atoms with Crippen LogP contribution in [0.25, 0.3) is 11.3 Å². The highest BCUT2D eigenvalue weighted by molar-refractivity contribution is 5.90. The van der Waals surface area contributed by atoms with Crippen LogP contribution >= 0.6 is 0 Å². The molecule has 3 aromatic rings. The summed E-state index contributed by atoms with van der Waals surface area (Å²) in [5, 5.41) is 2.60. The van der Waals surface area contributed by atoms with Crippen molar-refractivity contribution >= 4 is 11.9 Å². The summed E-state index contributed by atoms with van der Waals surface area (Å²) >= 11 is 0. The summed E-state index contributed by atoms with van der Waals surface area (Å²) in [5.41, 5.74) is 0.620. The number of amides is 1. The van der Waals surface area contributed by atoms with Crippen LogP contribution in [0, 0.1) is 5.82 Å². The molecule has 2 heterocycles. The highest BCUT2D eigenvalue weighted by Gasteiger charge is 2.21. The van der Waals surface area contributed by atoms with Gasteiger partial charge in [-0.1, -0.05) is 0 Å². The molecule has 0 aliphatic carbocycles. The highest BCUT2D eigenvalue weighted by Crippen LogP contribution is 2.23. The largest absolute Gasteiger partial charge is 0.467 e. The van der Waals surface area contributed by atoms with Gasteiger partial charge in [-0.25, -0.2) is 9.18 Å². The molecule has 7 heteroatoms. The Morgan fingerprint density at radius 2 is 1.92 bits per heavy atom. The van der Waals surface area contributed by atoms with Gasteiger partial charge in [0.2, 0.25) is 5.76 Å². The molecule has 0 spiro atoms. The van der Waals surface area contributed by atoms with Crippen molar-refractivity contribution in [1.82, 2.24) is 5.32 Å². The van der Waals surface area contributed by atoms with E-state index in [0.29, 0.717) is 17.1 Å². The third-order valence-electron chi connectivity index (χ3n) is 3.61. The van der Waals surface area contributed by atoms with Crippen molar-refractivity contribution < 1.29 is 27.6 Å². The average Bonchev–Trinajstić information content (AvgIpc) is 3.32. The molecule has 0 saturated carbocycles. The Morgan fingerprint density at radius 3 is 2.62 bits per heavy atom. The lowest BCUT2D eigenvalue weighted by Gasteiger charge is -2.12. The second kappa shape index (κ2) is 7.69. The first-order chi connectivity index (χ1) is 12.5. The standard InChI is InChI=1S/C19H16FNO5/c1-12(18(22)21-11-15-3-2-10-24-15)25-19(23)17-9-8-16(26-17)13-4-6-14(20)7-5-13/h2-10,12H,11H2,1H3,(H,21,22). The number of hydrogen-bond acceptors (Lipinski definition) is 5. The molecule has 1 unspecified atom stereocenters. The van der Waals surface area contributed by atoms with Gasteiger partial charge >= 0.3 is 5.97 Å². The summed E-state index contributed by atoms with van der Waals surface area (Å²) in [6.45, 7) is 1.66. The Hall–Kier alpha value is -3.35. The maximum Gasteiger partial charge on any atom is 0.375 e. The summed E-state index contributed by atoms with van der Waals surface area (Å²) in [6.07, 6.45) is 0.498. The van der Waals surface area contributed by atoms with Gasteiger partial charge in [0, 0.05) is 5.56 Å². The monoisotopic (exact) mass is 357 g/mol. The van der Waals surface area contributed by atoms with Gasteiger partial charge in [0.25, 0.3) is 5.91 Å². The van der Waals surface area contributed by atoms with Gasteiger partial charge in [-0.15, -0.1) is 0 Å². The number of benzene rings is 1. The minimum atomic E-state index is -1.00. The third kappa shape index (κ3) is 4.18. The van der Waals surface area contributed by atoms with Crippen LogP contribution in [-0.2, 0) is 16.1 Å². The molecule has 134 valence electrons. The molecular formula is C19H16FNO5.